The Labute approximate surface area is 252 Å². The summed E-state index contributed by atoms with van der Waals surface area (Å²) in [6.07, 6.45) is 41.1. The smallest absolute Gasteiger partial charge is 0.434 e. The van der Waals surface area contributed by atoms with Crippen LogP contribution in [0.25, 0.3) is 0 Å². The summed E-state index contributed by atoms with van der Waals surface area (Å²) >= 11 is 0. The highest BCUT2D eigenvalue weighted by Gasteiger charge is 2.03. The predicted molar refractivity (Wildman–Crippen MR) is 176 cm³/mol. The van der Waals surface area contributed by atoms with E-state index >= 15 is 0 Å². The SMILES string of the molecule is CCCCCCCCC=CCCCCCCCCCCCCOC(=O)OCCCCCCCCCCCC(C)C. The third-order valence-corrected chi connectivity index (χ3v) is 8.02. The van der Waals surface area contributed by atoms with E-state index in [-0.39, 0.29) is 0 Å². The average Bonchev–Trinajstić information content (AvgIpc) is 2.94. The van der Waals surface area contributed by atoms with E-state index in [1.807, 2.05) is 0 Å². The fourth-order valence-electron chi connectivity index (χ4n) is 5.30. The molecule has 0 aliphatic carbocycles. The van der Waals surface area contributed by atoms with E-state index in [1.165, 1.54) is 154 Å². The van der Waals surface area contributed by atoms with Gasteiger partial charge in [0.1, 0.15) is 0 Å². The maximum Gasteiger partial charge on any atom is 0.508 e. The van der Waals surface area contributed by atoms with Crippen LogP contribution in [0.15, 0.2) is 12.2 Å². The fourth-order valence-corrected chi connectivity index (χ4v) is 5.30. The molecule has 0 saturated carbocycles. The third-order valence-electron chi connectivity index (χ3n) is 8.02. The molecule has 0 bridgehead atoms. The van der Waals surface area contributed by atoms with Gasteiger partial charge in [-0.15, -0.1) is 0 Å². The first-order valence-electron chi connectivity index (χ1n) is 18.1. The molecular formula is C37H72O3. The molecule has 0 aromatic heterocycles. The number of carbonyl (C=O) groups is 1. The molecule has 0 aromatic rings. The van der Waals surface area contributed by atoms with Crippen LogP contribution in [0, 0.1) is 5.92 Å². The van der Waals surface area contributed by atoms with Gasteiger partial charge in [0, 0.05) is 0 Å². The summed E-state index contributed by atoms with van der Waals surface area (Å²) in [6, 6.07) is 0. The third kappa shape index (κ3) is 35.0. The van der Waals surface area contributed by atoms with Crippen molar-refractivity contribution in [1.29, 1.82) is 0 Å². The van der Waals surface area contributed by atoms with E-state index in [9.17, 15) is 4.79 Å². The molecule has 0 N–H and O–H groups in total. The van der Waals surface area contributed by atoms with Crippen molar-refractivity contribution in [3.05, 3.63) is 12.2 Å². The van der Waals surface area contributed by atoms with Crippen molar-refractivity contribution in [2.45, 2.75) is 201 Å². The molecule has 0 atom stereocenters. The van der Waals surface area contributed by atoms with Crippen LogP contribution in [0.5, 0.6) is 0 Å². The summed E-state index contributed by atoms with van der Waals surface area (Å²) in [7, 11) is 0. The van der Waals surface area contributed by atoms with Gasteiger partial charge >= 0.3 is 6.16 Å². The Morgan fingerprint density at radius 2 is 0.800 bits per heavy atom. The first-order chi connectivity index (χ1) is 19.7. The highest BCUT2D eigenvalue weighted by molar-refractivity contribution is 5.59. The van der Waals surface area contributed by atoms with Crippen molar-refractivity contribution in [3.8, 4) is 0 Å². The summed E-state index contributed by atoms with van der Waals surface area (Å²) in [6.45, 7) is 7.91. The van der Waals surface area contributed by atoms with Gasteiger partial charge < -0.3 is 9.47 Å². The molecule has 0 aromatic carbocycles. The number of allylic oxidation sites excluding steroid dienone is 2. The maximum atomic E-state index is 11.7. The minimum Gasteiger partial charge on any atom is -0.434 e. The molecule has 0 rings (SSSR count). The van der Waals surface area contributed by atoms with Crippen LogP contribution >= 0.6 is 0 Å². The second-order valence-electron chi connectivity index (χ2n) is 12.7. The summed E-state index contributed by atoms with van der Waals surface area (Å²) in [5.41, 5.74) is 0. The Balaban J connectivity index is 3.18. The Bertz CT molecular complexity index is 514. The summed E-state index contributed by atoms with van der Waals surface area (Å²) in [5, 5.41) is 0. The largest absolute Gasteiger partial charge is 0.508 e. The number of unbranched alkanes of at least 4 members (excludes halogenated alkanes) is 24. The fraction of sp³-hybridized carbons (Fsp3) is 0.919. The first kappa shape index (κ1) is 39.0. The van der Waals surface area contributed by atoms with Gasteiger partial charge in [-0.3, -0.25) is 0 Å². The monoisotopic (exact) mass is 565 g/mol. The van der Waals surface area contributed by atoms with Gasteiger partial charge in [0.25, 0.3) is 0 Å². The molecule has 0 aliphatic heterocycles. The quantitative estimate of drug-likeness (QED) is 0.0463. The molecule has 238 valence electrons. The second-order valence-corrected chi connectivity index (χ2v) is 12.7. The Morgan fingerprint density at radius 3 is 1.18 bits per heavy atom. The van der Waals surface area contributed by atoms with Gasteiger partial charge in [-0.2, -0.15) is 0 Å². The molecule has 0 heterocycles. The normalized spacial score (nSPS) is 11.6. The van der Waals surface area contributed by atoms with Crippen LogP contribution in [0.3, 0.4) is 0 Å². The molecule has 0 unspecified atom stereocenters. The molecular weight excluding hydrogens is 492 g/mol. The lowest BCUT2D eigenvalue weighted by molar-refractivity contribution is 0.0529. The summed E-state index contributed by atoms with van der Waals surface area (Å²) in [4.78, 5) is 11.7. The van der Waals surface area contributed by atoms with Gasteiger partial charge in [-0.05, 0) is 44.4 Å². The standard InChI is InChI=1S/C37H72O3/c1-4-5-6-7-8-9-10-11-12-13-14-15-16-17-18-19-22-25-28-31-34-39-37(38)40-35-32-29-26-23-20-21-24-27-30-33-36(2)3/h11-12,36H,4-10,13-35H2,1-3H3. The van der Waals surface area contributed by atoms with Crippen LogP contribution in [0.4, 0.5) is 4.79 Å². The summed E-state index contributed by atoms with van der Waals surface area (Å²) < 4.78 is 10.4. The van der Waals surface area contributed by atoms with Gasteiger partial charge in [0.2, 0.25) is 0 Å². The highest BCUT2D eigenvalue weighted by Crippen LogP contribution is 2.14. The van der Waals surface area contributed by atoms with E-state index in [2.05, 4.69) is 32.9 Å². The lowest BCUT2D eigenvalue weighted by atomic mass is 10.0. The van der Waals surface area contributed by atoms with Crippen molar-refractivity contribution in [1.82, 2.24) is 0 Å². The van der Waals surface area contributed by atoms with Crippen molar-refractivity contribution >= 4 is 6.16 Å². The zero-order chi connectivity index (χ0) is 29.2. The molecule has 0 aliphatic rings. The lowest BCUT2D eigenvalue weighted by Gasteiger charge is -2.07. The average molecular weight is 565 g/mol. The Morgan fingerprint density at radius 1 is 0.475 bits per heavy atom. The highest BCUT2D eigenvalue weighted by atomic mass is 16.7. The number of rotatable bonds is 32. The Kier molecular flexibility index (Phi) is 33.4. The van der Waals surface area contributed by atoms with E-state index in [0.717, 1.165) is 31.6 Å². The van der Waals surface area contributed by atoms with Crippen molar-refractivity contribution in [3.63, 3.8) is 0 Å². The van der Waals surface area contributed by atoms with Crippen LogP contribution in [0.1, 0.15) is 201 Å². The topological polar surface area (TPSA) is 35.5 Å². The summed E-state index contributed by atoms with van der Waals surface area (Å²) in [5.74, 6) is 0.849. The first-order valence-corrected chi connectivity index (χ1v) is 18.1. The molecule has 0 spiro atoms. The zero-order valence-corrected chi connectivity index (χ0v) is 27.7. The van der Waals surface area contributed by atoms with E-state index in [1.54, 1.807) is 0 Å². The van der Waals surface area contributed by atoms with Crippen molar-refractivity contribution in [2.75, 3.05) is 13.2 Å². The van der Waals surface area contributed by atoms with Gasteiger partial charge in [0.15, 0.2) is 0 Å². The number of carbonyl (C=O) groups excluding carboxylic acids is 1. The molecule has 0 radical (unpaired) electrons. The van der Waals surface area contributed by atoms with Crippen LogP contribution < -0.4 is 0 Å². The molecule has 0 fully saturated rings. The predicted octanol–water partition coefficient (Wildman–Crippen LogP) is 13.3. The van der Waals surface area contributed by atoms with E-state index < -0.39 is 6.16 Å². The van der Waals surface area contributed by atoms with Crippen LogP contribution in [-0.2, 0) is 9.47 Å². The zero-order valence-electron chi connectivity index (χ0n) is 27.7. The van der Waals surface area contributed by atoms with Gasteiger partial charge in [-0.25, -0.2) is 4.79 Å². The molecule has 0 saturated heterocycles. The van der Waals surface area contributed by atoms with Gasteiger partial charge in [0.05, 0.1) is 13.2 Å². The minimum absolute atomic E-state index is 0.477. The molecule has 40 heavy (non-hydrogen) atoms. The van der Waals surface area contributed by atoms with E-state index in [4.69, 9.17) is 9.47 Å². The number of ether oxygens (including phenoxy) is 2. The maximum absolute atomic E-state index is 11.7. The second kappa shape index (κ2) is 34.2. The Hall–Kier alpha value is -0.990. The lowest BCUT2D eigenvalue weighted by Crippen LogP contribution is -2.09. The minimum atomic E-state index is -0.477. The molecule has 3 nitrogen and oxygen atoms in total. The van der Waals surface area contributed by atoms with Crippen LogP contribution in [-0.4, -0.2) is 19.4 Å². The molecule has 3 heteroatoms. The van der Waals surface area contributed by atoms with Crippen molar-refractivity contribution in [2.24, 2.45) is 5.92 Å². The van der Waals surface area contributed by atoms with Crippen LogP contribution in [0.2, 0.25) is 0 Å². The van der Waals surface area contributed by atoms with Gasteiger partial charge in [-0.1, -0.05) is 174 Å². The number of hydrogen-bond acceptors (Lipinski definition) is 3. The van der Waals surface area contributed by atoms with E-state index in [0.29, 0.717) is 13.2 Å². The molecule has 0 amide bonds. The van der Waals surface area contributed by atoms with Crippen molar-refractivity contribution < 1.29 is 14.3 Å². The number of hydrogen-bond donors (Lipinski definition) is 0.